The second kappa shape index (κ2) is 3.08. The van der Waals surface area contributed by atoms with E-state index < -0.39 is 21.8 Å². The van der Waals surface area contributed by atoms with Crippen molar-refractivity contribution in [3.8, 4) is 0 Å². The molecule has 0 fully saturated rings. The summed E-state index contributed by atoms with van der Waals surface area (Å²) in [6.07, 6.45) is -2.14. The normalized spacial score (nSPS) is 10.3. The topological polar surface area (TPSA) is 130 Å². The Morgan fingerprint density at radius 3 is 2.23 bits per heavy atom. The van der Waals surface area contributed by atoms with Gasteiger partial charge >= 0.3 is 12.0 Å². The Bertz CT molecular complexity index is 331. The third-order valence-corrected chi connectivity index (χ3v) is 1.15. The molecule has 0 aliphatic rings. The number of nitro groups is 2. The van der Waals surface area contributed by atoms with Crippen LogP contribution in [0.5, 0.6) is 0 Å². The Balaban J connectivity index is 3.02. The van der Waals surface area contributed by atoms with Gasteiger partial charge in [-0.2, -0.15) is 4.80 Å². The first-order chi connectivity index (χ1) is 6.02. The van der Waals surface area contributed by atoms with Crippen LogP contribution in [-0.4, -0.2) is 30.1 Å². The predicted octanol–water partition coefficient (Wildman–Crippen LogP) is -1.24. The molecule has 0 saturated carbocycles. The minimum atomic E-state index is -2.14. The molecule has 0 amide bonds. The first kappa shape index (κ1) is 8.96. The van der Waals surface area contributed by atoms with E-state index in [4.69, 9.17) is 0 Å². The fourth-order valence-corrected chi connectivity index (χ4v) is 0.668. The standard InChI is InChI=1S/C3H4N6O4/c1-7-5-2(4-6-7)3(8(10)11)9(12)13/h3H,1H3. The zero-order chi connectivity index (χ0) is 10.0. The van der Waals surface area contributed by atoms with Crippen LogP contribution < -0.4 is 0 Å². The monoisotopic (exact) mass is 188 g/mol. The van der Waals surface area contributed by atoms with E-state index >= 15 is 0 Å². The van der Waals surface area contributed by atoms with Crippen LogP contribution in [0, 0.1) is 20.2 Å². The lowest BCUT2D eigenvalue weighted by atomic mass is 10.5. The summed E-state index contributed by atoms with van der Waals surface area (Å²) in [6, 6.07) is 0. The zero-order valence-corrected chi connectivity index (χ0v) is 6.39. The SMILES string of the molecule is Cn1nnc(C([N+](=O)[O-])[N+](=O)[O-])n1. The van der Waals surface area contributed by atoms with Gasteiger partial charge in [0, 0.05) is 0 Å². The Hall–Kier alpha value is -2.13. The highest BCUT2D eigenvalue weighted by Crippen LogP contribution is 2.10. The highest BCUT2D eigenvalue weighted by Gasteiger charge is 2.39. The van der Waals surface area contributed by atoms with E-state index in [0.29, 0.717) is 0 Å². The average Bonchev–Trinajstić information content (AvgIpc) is 2.34. The van der Waals surface area contributed by atoms with Gasteiger partial charge in [-0.1, -0.05) is 5.10 Å². The van der Waals surface area contributed by atoms with Crippen LogP contribution in [0.25, 0.3) is 0 Å². The van der Waals surface area contributed by atoms with Crippen molar-refractivity contribution in [3.63, 3.8) is 0 Å². The van der Waals surface area contributed by atoms with E-state index in [1.807, 2.05) is 0 Å². The molecule has 1 heterocycles. The number of hydrogen-bond acceptors (Lipinski definition) is 7. The van der Waals surface area contributed by atoms with Crippen LogP contribution in [0.3, 0.4) is 0 Å². The van der Waals surface area contributed by atoms with Crippen LogP contribution in [0.1, 0.15) is 12.0 Å². The second-order valence-electron chi connectivity index (χ2n) is 2.08. The Kier molecular flexibility index (Phi) is 2.13. The van der Waals surface area contributed by atoms with Crippen molar-refractivity contribution in [1.82, 2.24) is 20.2 Å². The highest BCUT2D eigenvalue weighted by molar-refractivity contribution is 4.77. The first-order valence-electron chi connectivity index (χ1n) is 3.03. The van der Waals surface area contributed by atoms with Crippen molar-refractivity contribution >= 4 is 0 Å². The van der Waals surface area contributed by atoms with E-state index in [1.54, 1.807) is 0 Å². The summed E-state index contributed by atoms with van der Waals surface area (Å²) in [4.78, 5) is 19.1. The van der Waals surface area contributed by atoms with E-state index in [0.717, 1.165) is 4.80 Å². The molecule has 0 spiro atoms. The summed E-state index contributed by atoms with van der Waals surface area (Å²) in [6.45, 7) is 0. The molecule has 0 N–H and O–H groups in total. The fourth-order valence-electron chi connectivity index (χ4n) is 0.668. The Morgan fingerprint density at radius 2 is 1.92 bits per heavy atom. The lowest BCUT2D eigenvalue weighted by Gasteiger charge is -1.94. The predicted molar refractivity (Wildman–Crippen MR) is 35.5 cm³/mol. The number of tetrazole rings is 1. The maximum atomic E-state index is 10.2. The fraction of sp³-hybridized carbons (Fsp3) is 0.667. The van der Waals surface area contributed by atoms with Crippen molar-refractivity contribution in [3.05, 3.63) is 26.1 Å². The maximum Gasteiger partial charge on any atom is 0.513 e. The third kappa shape index (κ3) is 1.72. The lowest BCUT2D eigenvalue weighted by molar-refractivity contribution is -0.754. The highest BCUT2D eigenvalue weighted by atomic mass is 16.7. The number of aryl methyl sites for hydroxylation is 1. The van der Waals surface area contributed by atoms with Gasteiger partial charge in [-0.05, 0) is 5.21 Å². The van der Waals surface area contributed by atoms with Crippen LogP contribution in [-0.2, 0) is 7.05 Å². The molecule has 0 bridgehead atoms. The third-order valence-electron chi connectivity index (χ3n) is 1.15. The molecule has 1 aromatic heterocycles. The van der Waals surface area contributed by atoms with Gasteiger partial charge in [-0.15, -0.1) is 5.10 Å². The number of rotatable bonds is 3. The number of nitrogens with zero attached hydrogens (tertiary/aromatic N) is 6. The van der Waals surface area contributed by atoms with Gasteiger partial charge in [-0.3, -0.25) is 20.2 Å². The smallest absolute Gasteiger partial charge is 0.258 e. The molecule has 0 aliphatic carbocycles. The summed E-state index contributed by atoms with van der Waals surface area (Å²) in [5.74, 6) is -0.530. The number of hydrogen-bond donors (Lipinski definition) is 0. The molecule has 0 saturated heterocycles. The molecule has 1 aromatic rings. The van der Waals surface area contributed by atoms with E-state index in [1.165, 1.54) is 7.05 Å². The summed E-state index contributed by atoms with van der Waals surface area (Å²) in [7, 11) is 1.35. The summed E-state index contributed by atoms with van der Waals surface area (Å²) in [5.41, 5.74) is 0. The van der Waals surface area contributed by atoms with Gasteiger partial charge in [-0.25, -0.2) is 0 Å². The van der Waals surface area contributed by atoms with Crippen LogP contribution in [0.15, 0.2) is 0 Å². The molecule has 13 heavy (non-hydrogen) atoms. The maximum absolute atomic E-state index is 10.2. The molecule has 0 atom stereocenters. The molecule has 10 heteroatoms. The molecule has 0 aromatic carbocycles. The van der Waals surface area contributed by atoms with Crippen LogP contribution >= 0.6 is 0 Å². The summed E-state index contributed by atoms with van der Waals surface area (Å²) >= 11 is 0. The van der Waals surface area contributed by atoms with Crippen LogP contribution in [0.4, 0.5) is 0 Å². The van der Waals surface area contributed by atoms with Gasteiger partial charge < -0.3 is 0 Å². The molecular weight excluding hydrogens is 184 g/mol. The second-order valence-corrected chi connectivity index (χ2v) is 2.08. The lowest BCUT2D eigenvalue weighted by Crippen LogP contribution is -2.21. The van der Waals surface area contributed by atoms with E-state index in [2.05, 4.69) is 15.4 Å². The molecule has 0 radical (unpaired) electrons. The van der Waals surface area contributed by atoms with Crippen molar-refractivity contribution < 1.29 is 9.85 Å². The van der Waals surface area contributed by atoms with Gasteiger partial charge in [0.2, 0.25) is 0 Å². The van der Waals surface area contributed by atoms with Crippen molar-refractivity contribution in [2.45, 2.75) is 6.17 Å². The minimum Gasteiger partial charge on any atom is -0.258 e. The quantitative estimate of drug-likeness (QED) is 0.329. The zero-order valence-electron chi connectivity index (χ0n) is 6.39. The molecule has 1 rings (SSSR count). The molecule has 10 nitrogen and oxygen atoms in total. The van der Waals surface area contributed by atoms with Gasteiger partial charge in [0.05, 0.1) is 7.05 Å². The molecular formula is C3H4N6O4. The summed E-state index contributed by atoms with van der Waals surface area (Å²) < 4.78 is 0. The van der Waals surface area contributed by atoms with E-state index in [-0.39, 0.29) is 0 Å². The van der Waals surface area contributed by atoms with Gasteiger partial charge in [0.15, 0.2) is 0 Å². The first-order valence-corrected chi connectivity index (χ1v) is 3.03. The molecule has 0 unspecified atom stereocenters. The largest absolute Gasteiger partial charge is 0.513 e. The van der Waals surface area contributed by atoms with Crippen molar-refractivity contribution in [2.75, 3.05) is 0 Å². The minimum absolute atomic E-state index is 0.530. The Morgan fingerprint density at radius 1 is 1.38 bits per heavy atom. The van der Waals surface area contributed by atoms with E-state index in [9.17, 15) is 20.2 Å². The van der Waals surface area contributed by atoms with Gasteiger partial charge in [0.25, 0.3) is 0 Å². The Labute approximate surface area is 70.5 Å². The number of aromatic nitrogens is 4. The summed E-state index contributed by atoms with van der Waals surface area (Å²) in [5, 5.41) is 30.2. The molecule has 70 valence electrons. The van der Waals surface area contributed by atoms with Crippen LogP contribution in [0.2, 0.25) is 0 Å². The molecule has 0 aliphatic heterocycles. The van der Waals surface area contributed by atoms with Crippen molar-refractivity contribution in [1.29, 1.82) is 0 Å². The average molecular weight is 188 g/mol. The van der Waals surface area contributed by atoms with Crippen molar-refractivity contribution in [2.24, 2.45) is 7.05 Å². The van der Waals surface area contributed by atoms with Gasteiger partial charge in [0.1, 0.15) is 9.85 Å².